The largest absolute Gasteiger partial charge is 0.477 e. The van der Waals surface area contributed by atoms with Crippen molar-refractivity contribution in [3.63, 3.8) is 0 Å². The van der Waals surface area contributed by atoms with E-state index < -0.39 is 12.1 Å². The summed E-state index contributed by atoms with van der Waals surface area (Å²) >= 11 is 2.52. The number of nitrogens with zero attached hydrogens (tertiary/aromatic N) is 2. The van der Waals surface area contributed by atoms with E-state index in [1.807, 2.05) is 17.5 Å². The van der Waals surface area contributed by atoms with Gasteiger partial charge in [0.25, 0.3) is 0 Å². The van der Waals surface area contributed by atoms with Gasteiger partial charge >= 0.3 is 12.1 Å². The zero-order chi connectivity index (χ0) is 17.0. The van der Waals surface area contributed by atoms with Crippen LogP contribution in [0.25, 0.3) is 20.7 Å². The summed E-state index contributed by atoms with van der Waals surface area (Å²) in [6, 6.07) is 3.81. The maximum atomic E-state index is 11.4. The average Bonchev–Trinajstić information content (AvgIpc) is 3.23. The van der Waals surface area contributed by atoms with E-state index >= 15 is 0 Å². The molecule has 3 aromatic rings. The summed E-state index contributed by atoms with van der Waals surface area (Å²) in [5, 5.41) is 21.1. The van der Waals surface area contributed by atoms with E-state index in [1.54, 1.807) is 0 Å². The Morgan fingerprint density at radius 3 is 2.71 bits per heavy atom. The van der Waals surface area contributed by atoms with Gasteiger partial charge in [-0.15, -0.1) is 22.7 Å². The van der Waals surface area contributed by atoms with Gasteiger partial charge in [-0.2, -0.15) is 0 Å². The molecule has 4 rings (SSSR count). The van der Waals surface area contributed by atoms with Gasteiger partial charge in [0.05, 0.1) is 24.5 Å². The van der Waals surface area contributed by atoms with Crippen LogP contribution >= 0.6 is 22.7 Å². The van der Waals surface area contributed by atoms with Gasteiger partial charge in [0, 0.05) is 21.4 Å². The highest BCUT2D eigenvalue weighted by atomic mass is 32.1. The topological polar surface area (TPSA) is 117 Å². The van der Waals surface area contributed by atoms with Crippen molar-refractivity contribution in [2.75, 3.05) is 5.73 Å². The van der Waals surface area contributed by atoms with Crippen LogP contribution in [0.5, 0.6) is 0 Å². The molecule has 0 fully saturated rings. The lowest BCUT2D eigenvalue weighted by Crippen LogP contribution is -2.22. The Morgan fingerprint density at radius 1 is 1.29 bits per heavy atom. The van der Waals surface area contributed by atoms with E-state index in [1.165, 1.54) is 16.2 Å². The fourth-order valence-corrected chi connectivity index (χ4v) is 4.72. The second-order valence-electron chi connectivity index (χ2n) is 5.36. The molecule has 0 spiro atoms. The maximum Gasteiger partial charge on any atom is 0.407 e. The number of rotatable bonds is 2. The van der Waals surface area contributed by atoms with Crippen molar-refractivity contribution in [2.24, 2.45) is 0 Å². The molecule has 9 heteroatoms. The van der Waals surface area contributed by atoms with Crippen molar-refractivity contribution in [3.8, 4) is 10.4 Å². The third kappa shape index (κ3) is 2.05. The number of carboxylic acid groups (broad SMARTS) is 2. The Balaban J connectivity index is 2.06. The monoisotopic (exact) mass is 361 g/mol. The number of amides is 1. The summed E-state index contributed by atoms with van der Waals surface area (Å²) in [7, 11) is 0. The van der Waals surface area contributed by atoms with Crippen molar-refractivity contribution < 1.29 is 19.8 Å². The molecule has 0 saturated heterocycles. The van der Waals surface area contributed by atoms with Gasteiger partial charge in [0.15, 0.2) is 0 Å². The molecule has 0 saturated carbocycles. The zero-order valence-electron chi connectivity index (χ0n) is 12.1. The summed E-state index contributed by atoms with van der Waals surface area (Å²) < 4.78 is 0. The van der Waals surface area contributed by atoms with E-state index in [0.29, 0.717) is 15.9 Å². The normalized spacial score (nSPS) is 13.4. The fourth-order valence-electron chi connectivity index (χ4n) is 2.95. The molecule has 7 nitrogen and oxygen atoms in total. The van der Waals surface area contributed by atoms with Crippen LogP contribution in [-0.2, 0) is 13.1 Å². The van der Waals surface area contributed by atoms with Crippen molar-refractivity contribution in [3.05, 3.63) is 33.6 Å². The Bertz CT molecular complexity index is 994. The molecule has 0 aliphatic carbocycles. The summed E-state index contributed by atoms with van der Waals surface area (Å²) in [6.07, 6.45) is -1.01. The van der Waals surface area contributed by atoms with Gasteiger partial charge in [-0.1, -0.05) is 6.07 Å². The minimum absolute atomic E-state index is 0.0640. The molecular weight excluding hydrogens is 350 g/mol. The SMILES string of the molecule is Nc1c(C(=O)O)sc2nc3c(c(-c4cccs4)c12)CN(C(=O)O)C3. The number of hydrogen-bond donors (Lipinski definition) is 3. The van der Waals surface area contributed by atoms with Crippen molar-refractivity contribution in [1.82, 2.24) is 9.88 Å². The van der Waals surface area contributed by atoms with Crippen LogP contribution < -0.4 is 5.73 Å². The molecule has 0 bridgehead atoms. The van der Waals surface area contributed by atoms with Gasteiger partial charge in [0.2, 0.25) is 0 Å². The first-order chi connectivity index (χ1) is 11.5. The number of nitrogen functional groups attached to an aromatic ring is 1. The molecular formula is C15H11N3O4S2. The molecule has 122 valence electrons. The van der Waals surface area contributed by atoms with E-state index in [0.717, 1.165) is 27.3 Å². The molecule has 4 N–H and O–H groups in total. The number of aromatic carboxylic acids is 1. The van der Waals surface area contributed by atoms with Crippen molar-refractivity contribution in [1.29, 1.82) is 0 Å². The van der Waals surface area contributed by atoms with Gasteiger partial charge in [-0.05, 0) is 11.4 Å². The smallest absolute Gasteiger partial charge is 0.407 e. The molecule has 24 heavy (non-hydrogen) atoms. The van der Waals surface area contributed by atoms with Gasteiger partial charge < -0.3 is 15.9 Å². The molecule has 3 aromatic heterocycles. The van der Waals surface area contributed by atoms with Crippen LogP contribution in [0.1, 0.15) is 20.9 Å². The Labute approximate surface area is 143 Å². The number of thiophene rings is 2. The summed E-state index contributed by atoms with van der Waals surface area (Å²) in [4.78, 5) is 30.0. The van der Waals surface area contributed by atoms with Gasteiger partial charge in [0.1, 0.15) is 9.71 Å². The third-order valence-corrected chi connectivity index (χ3v) is 5.96. The molecule has 1 aliphatic heterocycles. The lowest BCUT2D eigenvalue weighted by molar-refractivity contribution is 0.0703. The summed E-state index contributed by atoms with van der Waals surface area (Å²) in [5.41, 5.74) is 8.55. The number of carboxylic acids is 1. The molecule has 1 aliphatic rings. The highest BCUT2D eigenvalue weighted by Gasteiger charge is 2.31. The van der Waals surface area contributed by atoms with E-state index in [2.05, 4.69) is 4.98 Å². The predicted molar refractivity (Wildman–Crippen MR) is 91.6 cm³/mol. The molecule has 0 atom stereocenters. The second kappa shape index (κ2) is 5.18. The number of anilines is 1. The number of aromatic nitrogens is 1. The predicted octanol–water partition coefficient (Wildman–Crippen LogP) is 3.30. The van der Waals surface area contributed by atoms with Crippen LogP contribution in [0.15, 0.2) is 17.5 Å². The zero-order valence-corrected chi connectivity index (χ0v) is 13.8. The molecule has 0 aromatic carbocycles. The van der Waals surface area contributed by atoms with E-state index in [9.17, 15) is 19.8 Å². The highest BCUT2D eigenvalue weighted by Crippen LogP contribution is 2.45. The second-order valence-corrected chi connectivity index (χ2v) is 7.30. The molecule has 0 radical (unpaired) electrons. The van der Waals surface area contributed by atoms with Crippen molar-refractivity contribution in [2.45, 2.75) is 13.1 Å². The van der Waals surface area contributed by atoms with E-state index in [-0.39, 0.29) is 23.7 Å². The van der Waals surface area contributed by atoms with Crippen LogP contribution in [0.3, 0.4) is 0 Å². The van der Waals surface area contributed by atoms with Crippen LogP contribution in [0.4, 0.5) is 10.5 Å². The number of nitrogens with two attached hydrogens (primary N) is 1. The molecule has 1 amide bonds. The third-order valence-electron chi connectivity index (χ3n) is 3.99. The van der Waals surface area contributed by atoms with Gasteiger partial charge in [-0.3, -0.25) is 4.90 Å². The van der Waals surface area contributed by atoms with Crippen LogP contribution in [0, 0.1) is 0 Å². The Kier molecular flexibility index (Phi) is 3.22. The molecule has 4 heterocycles. The van der Waals surface area contributed by atoms with E-state index in [4.69, 9.17) is 5.73 Å². The standard InChI is InChI=1S/C15H11N3O4S2/c16-11-10-9(8-2-1-3-23-8)6-4-18(15(21)22)5-7(6)17-13(10)24-12(11)14(19)20/h1-3H,4-5,16H2,(H,19,20)(H,21,22). The first kappa shape index (κ1) is 14.9. The number of fused-ring (bicyclic) bond motifs is 2. The van der Waals surface area contributed by atoms with Crippen LogP contribution in [-0.4, -0.2) is 32.2 Å². The first-order valence-electron chi connectivity index (χ1n) is 6.96. The summed E-state index contributed by atoms with van der Waals surface area (Å²) in [6.45, 7) is 0.414. The van der Waals surface area contributed by atoms with Crippen molar-refractivity contribution >= 4 is 50.6 Å². The Morgan fingerprint density at radius 2 is 2.08 bits per heavy atom. The lowest BCUT2D eigenvalue weighted by atomic mass is 10.0. The highest BCUT2D eigenvalue weighted by molar-refractivity contribution is 7.21. The van der Waals surface area contributed by atoms with Crippen LogP contribution in [0.2, 0.25) is 0 Å². The van der Waals surface area contributed by atoms with Gasteiger partial charge in [-0.25, -0.2) is 14.6 Å². The maximum absolute atomic E-state index is 11.4. The lowest BCUT2D eigenvalue weighted by Gasteiger charge is -2.10. The number of carbonyl (C=O) groups is 2. The number of hydrogen-bond acceptors (Lipinski definition) is 6. The Hall–Kier alpha value is -2.65. The minimum Gasteiger partial charge on any atom is -0.477 e. The quantitative estimate of drug-likeness (QED) is 0.645. The first-order valence-corrected chi connectivity index (χ1v) is 8.65. The fraction of sp³-hybridized carbons (Fsp3) is 0.133. The summed E-state index contributed by atoms with van der Waals surface area (Å²) in [5.74, 6) is -1.08. The molecule has 0 unspecified atom stereocenters. The minimum atomic E-state index is -1.08. The average molecular weight is 361 g/mol. The number of pyridine rings is 1.